The molecule has 0 radical (unpaired) electrons. The quantitative estimate of drug-likeness (QED) is 0.286. The number of nitrogens with zero attached hydrogens (tertiary/aromatic N) is 3. The molecule has 2 aromatic heterocycles. The Morgan fingerprint density at radius 2 is 1.29 bits per heavy atom. The first-order valence-corrected chi connectivity index (χ1v) is 15.4. The van der Waals surface area contributed by atoms with Crippen LogP contribution < -0.4 is 22.1 Å². The molecule has 0 spiro atoms. The van der Waals surface area contributed by atoms with E-state index in [4.69, 9.17) is 5.14 Å². The minimum atomic E-state index is -3.66. The van der Waals surface area contributed by atoms with E-state index < -0.39 is 25.4 Å². The Morgan fingerprint density at radius 1 is 0.800 bits per heavy atom. The number of nitrogens with two attached hydrogens (primary N) is 1. The molecule has 0 fully saturated rings. The Hall–Kier alpha value is -2.73. The molecule has 0 aliphatic rings. The molecule has 0 aliphatic heterocycles. The number of sulfonamides is 1. The van der Waals surface area contributed by atoms with E-state index in [1.165, 1.54) is 13.1 Å². The summed E-state index contributed by atoms with van der Waals surface area (Å²) in [5, 5.41) is 5.15. The van der Waals surface area contributed by atoms with Crippen LogP contribution in [0.2, 0.25) is 0 Å². The van der Waals surface area contributed by atoms with E-state index in [0.717, 1.165) is 29.9 Å². The third kappa shape index (κ3) is 11.5. The van der Waals surface area contributed by atoms with Crippen molar-refractivity contribution in [2.45, 2.75) is 24.4 Å². The molecule has 0 saturated carbocycles. The number of hydrogen-bond acceptors (Lipinski definition) is 8. The van der Waals surface area contributed by atoms with Crippen LogP contribution in [0.5, 0.6) is 0 Å². The van der Waals surface area contributed by atoms with Crippen molar-refractivity contribution in [3.63, 3.8) is 0 Å². The van der Waals surface area contributed by atoms with Crippen molar-refractivity contribution in [3.05, 3.63) is 90.0 Å². The summed E-state index contributed by atoms with van der Waals surface area (Å²) < 4.78 is 26.6. The van der Waals surface area contributed by atoms with Crippen molar-refractivity contribution in [3.8, 4) is 0 Å². The van der Waals surface area contributed by atoms with Gasteiger partial charge in [0.1, 0.15) is 0 Å². The molecule has 184 valence electrons. The molecule has 9 nitrogen and oxygen atoms in total. The summed E-state index contributed by atoms with van der Waals surface area (Å²) >= 11 is -2.97. The molecule has 0 unspecified atom stereocenters. The number of primary sulfonamides is 1. The van der Waals surface area contributed by atoms with Gasteiger partial charge in [-0.1, -0.05) is 24.3 Å². The number of hydrogen-bond donors (Lipinski definition) is 1. The molecular formula is C23H22BrN4O5ReS. The predicted molar refractivity (Wildman–Crippen MR) is 121 cm³/mol. The normalized spacial score (nSPS) is 10.0. The first-order valence-electron chi connectivity index (χ1n) is 9.82. The molecule has 2 heterocycles. The van der Waals surface area contributed by atoms with Crippen LogP contribution in [-0.4, -0.2) is 42.9 Å². The van der Waals surface area contributed by atoms with E-state index in [-0.39, 0.29) is 21.9 Å². The van der Waals surface area contributed by atoms with Crippen LogP contribution in [0.3, 0.4) is 0 Å². The van der Waals surface area contributed by atoms with Crippen LogP contribution in [0.15, 0.2) is 78.0 Å². The van der Waals surface area contributed by atoms with Crippen molar-refractivity contribution < 1.29 is 55.2 Å². The molecule has 0 saturated heterocycles. The minimum Gasteiger partial charge on any atom is -1.00 e. The third-order valence-corrected chi connectivity index (χ3v) is 7.02. The summed E-state index contributed by atoms with van der Waals surface area (Å²) in [6, 6.07) is 18.5. The Morgan fingerprint density at radius 3 is 1.63 bits per heavy atom. The van der Waals surface area contributed by atoms with Crippen molar-refractivity contribution in [2.75, 3.05) is 6.54 Å². The van der Waals surface area contributed by atoms with Crippen LogP contribution >= 0.6 is 0 Å². The fourth-order valence-electron chi connectivity index (χ4n) is 2.84. The fraction of sp³-hybridized carbons (Fsp3) is 0.174. The summed E-state index contributed by atoms with van der Waals surface area (Å²) in [7, 11) is -3.66. The standard InChI is InChI=1S/C20H22N4O2S.3CO.BrH.Re/c21-27(25,26)20-9-7-17(8-10-20)11-14-24(15-18-5-1-3-12-22-18)16-19-6-2-4-13-23-19;3*1-2;;/h1-10,12-13H,11,14-16H2,(H2,21,25,26);;;;1H;/q;;;;;+1/p-1. The Bertz CT molecular complexity index is 1310. The smallest absolute Gasteiger partial charge is 1.00 e. The molecule has 1 aromatic carbocycles. The molecule has 3 rings (SSSR count). The number of benzene rings is 1. The Kier molecular flexibility index (Phi) is 13.9. The Labute approximate surface area is 218 Å². The fourth-order valence-corrected chi connectivity index (χ4v) is 3.69. The summed E-state index contributed by atoms with van der Waals surface area (Å²) in [5.41, 5.74) is 3.05. The molecule has 0 amide bonds. The number of carbonyl (C=O) groups excluding carboxylic acids is 3. The van der Waals surface area contributed by atoms with Crippen LogP contribution in [0, 0.1) is 0 Å². The topological polar surface area (TPSA) is 140 Å². The van der Waals surface area contributed by atoms with Gasteiger partial charge >= 0.3 is 42.8 Å². The first-order chi connectivity index (χ1) is 16.4. The molecule has 0 atom stereocenters. The van der Waals surface area contributed by atoms with E-state index in [1.807, 2.05) is 36.4 Å². The van der Waals surface area contributed by atoms with Crippen LogP contribution in [0.25, 0.3) is 0 Å². The molecule has 35 heavy (non-hydrogen) atoms. The van der Waals surface area contributed by atoms with Gasteiger partial charge in [0.15, 0.2) is 0 Å². The molecule has 2 N–H and O–H groups in total. The average molecular weight is 733 g/mol. The molecule has 3 aromatic rings. The largest absolute Gasteiger partial charge is 1.00 e. The van der Waals surface area contributed by atoms with E-state index in [0.29, 0.717) is 13.1 Å². The van der Waals surface area contributed by atoms with Crippen molar-refractivity contribution in [1.29, 1.82) is 0 Å². The van der Waals surface area contributed by atoms with Crippen LogP contribution in [0.1, 0.15) is 17.0 Å². The predicted octanol–water partition coefficient (Wildman–Crippen LogP) is -1.82. The zero-order chi connectivity index (χ0) is 24.8. The first kappa shape index (κ1) is 30.3. The van der Waals surface area contributed by atoms with Gasteiger partial charge in [-0.25, -0.2) is 13.6 Å². The summed E-state index contributed by atoms with van der Waals surface area (Å²) in [6.45, 7) is 2.22. The van der Waals surface area contributed by atoms with E-state index in [9.17, 15) is 22.8 Å². The van der Waals surface area contributed by atoms with Gasteiger partial charge in [-0.2, -0.15) is 0 Å². The van der Waals surface area contributed by atoms with Gasteiger partial charge in [-0.3, -0.25) is 14.9 Å². The zero-order valence-electron chi connectivity index (χ0n) is 18.4. The van der Waals surface area contributed by atoms with Gasteiger partial charge in [0.25, 0.3) is 0 Å². The number of rotatable bonds is 8. The molecule has 12 heteroatoms. The van der Waals surface area contributed by atoms with Gasteiger partial charge in [0.05, 0.1) is 16.3 Å². The third-order valence-electron chi connectivity index (χ3n) is 4.42. The van der Waals surface area contributed by atoms with E-state index >= 15 is 0 Å². The molecule has 0 aliphatic carbocycles. The second kappa shape index (κ2) is 16.0. The maximum atomic E-state index is 11.4. The summed E-state index contributed by atoms with van der Waals surface area (Å²) in [4.78, 5) is 39.4. The van der Waals surface area contributed by atoms with Crippen LogP contribution in [-0.2, 0) is 59.3 Å². The van der Waals surface area contributed by atoms with Crippen molar-refractivity contribution >= 4 is 23.1 Å². The van der Waals surface area contributed by atoms with Gasteiger partial charge < -0.3 is 17.0 Å². The summed E-state index contributed by atoms with van der Waals surface area (Å²) in [5.74, 6) is 0. The summed E-state index contributed by atoms with van der Waals surface area (Å²) in [6.07, 6.45) is 4.37. The number of aromatic nitrogens is 2. The monoisotopic (exact) mass is 732 g/mol. The van der Waals surface area contributed by atoms with E-state index in [1.54, 1.807) is 36.7 Å². The maximum Gasteiger partial charge on any atom is -1.00 e. The number of pyridine rings is 2. The maximum absolute atomic E-state index is 11.4. The number of halogens is 1. The molecular weight excluding hydrogens is 710 g/mol. The van der Waals surface area contributed by atoms with Crippen molar-refractivity contribution in [2.24, 2.45) is 5.14 Å². The average Bonchev–Trinajstić information content (AvgIpc) is 2.85. The molecule has 0 bridgehead atoms. The second-order valence-corrected chi connectivity index (χ2v) is 12.1. The zero-order valence-corrected chi connectivity index (χ0v) is 23.5. The van der Waals surface area contributed by atoms with Gasteiger partial charge in [-0.15, -0.1) is 0 Å². The van der Waals surface area contributed by atoms with Gasteiger partial charge in [0.2, 0.25) is 10.0 Å². The minimum absolute atomic E-state index is 0. The van der Waals surface area contributed by atoms with Gasteiger partial charge in [0, 0.05) is 32.0 Å². The van der Waals surface area contributed by atoms with E-state index in [2.05, 4.69) is 14.9 Å². The Balaban J connectivity index is 0.000000672. The van der Waals surface area contributed by atoms with Crippen LogP contribution in [0.4, 0.5) is 0 Å². The van der Waals surface area contributed by atoms with Gasteiger partial charge in [-0.05, 0) is 48.4 Å². The van der Waals surface area contributed by atoms with Crippen molar-refractivity contribution in [1.82, 2.24) is 14.9 Å². The second-order valence-electron chi connectivity index (χ2n) is 6.81. The SMILES string of the molecule is NS(=O)(=O)c1ccc(CCN(Cc2ccccn2)Cc2ccccn2)cc1.O=[C]=[Re+](=[C]=O)=[C]=O.[Br-].